The van der Waals surface area contributed by atoms with Gasteiger partial charge in [0, 0.05) is 0 Å². The van der Waals surface area contributed by atoms with Crippen LogP contribution in [0.25, 0.3) is 10.8 Å². The van der Waals surface area contributed by atoms with Gasteiger partial charge in [0.25, 0.3) is 0 Å². The van der Waals surface area contributed by atoms with Gasteiger partial charge >= 0.3 is 7.12 Å². The molecule has 2 N–H and O–H groups in total. The highest BCUT2D eigenvalue weighted by Gasteiger charge is 2.20. The van der Waals surface area contributed by atoms with Gasteiger partial charge in [0.1, 0.15) is 0 Å². The van der Waals surface area contributed by atoms with Crippen LogP contribution in [0.1, 0.15) is 24.0 Å². The molecule has 0 bridgehead atoms. The summed E-state index contributed by atoms with van der Waals surface area (Å²) in [4.78, 5) is 0. The van der Waals surface area contributed by atoms with E-state index in [0.717, 1.165) is 18.2 Å². The molecule has 0 amide bonds. The van der Waals surface area contributed by atoms with Crippen molar-refractivity contribution >= 4 is 23.4 Å². The first-order valence-corrected chi connectivity index (χ1v) is 6.17. The fourth-order valence-electron chi connectivity index (χ4n) is 2.87. The van der Waals surface area contributed by atoms with Gasteiger partial charge in [0.05, 0.1) is 0 Å². The molecule has 0 aliphatic heterocycles. The minimum atomic E-state index is -1.38. The van der Waals surface area contributed by atoms with E-state index in [9.17, 15) is 10.0 Å². The second-order valence-corrected chi connectivity index (χ2v) is 4.73. The van der Waals surface area contributed by atoms with Gasteiger partial charge in [-0.3, -0.25) is 0 Å². The molecule has 0 spiro atoms. The molecular weight excluding hydrogens is 211 g/mol. The molecule has 0 atom stereocenters. The Hall–Kier alpha value is -1.32. The average molecular weight is 226 g/mol. The molecule has 3 rings (SSSR count). The fraction of sp³-hybridized carbons (Fsp3) is 0.286. The average Bonchev–Trinajstić information content (AvgIpc) is 2.37. The van der Waals surface area contributed by atoms with Crippen molar-refractivity contribution in [1.29, 1.82) is 0 Å². The summed E-state index contributed by atoms with van der Waals surface area (Å²) < 4.78 is 0. The molecule has 0 fully saturated rings. The van der Waals surface area contributed by atoms with Crippen molar-refractivity contribution in [1.82, 2.24) is 0 Å². The maximum absolute atomic E-state index is 9.48. The summed E-state index contributed by atoms with van der Waals surface area (Å²) in [6.07, 6.45) is 4.60. The largest absolute Gasteiger partial charge is 0.489 e. The molecule has 1 aliphatic carbocycles. The van der Waals surface area contributed by atoms with E-state index in [2.05, 4.69) is 6.07 Å². The molecule has 86 valence electrons. The summed E-state index contributed by atoms with van der Waals surface area (Å²) in [5.41, 5.74) is 3.33. The van der Waals surface area contributed by atoms with Gasteiger partial charge in [-0.15, -0.1) is 0 Å². The van der Waals surface area contributed by atoms with Crippen molar-refractivity contribution in [3.8, 4) is 0 Å². The minimum Gasteiger partial charge on any atom is -0.423 e. The monoisotopic (exact) mass is 226 g/mol. The molecule has 0 saturated heterocycles. The van der Waals surface area contributed by atoms with Gasteiger partial charge in [-0.2, -0.15) is 0 Å². The lowest BCUT2D eigenvalue weighted by Crippen LogP contribution is -2.31. The summed E-state index contributed by atoms with van der Waals surface area (Å²) in [5.74, 6) is 0. The van der Waals surface area contributed by atoms with E-state index in [-0.39, 0.29) is 0 Å². The van der Waals surface area contributed by atoms with Crippen LogP contribution in [0.2, 0.25) is 0 Å². The van der Waals surface area contributed by atoms with Crippen molar-refractivity contribution in [3.05, 3.63) is 41.5 Å². The topological polar surface area (TPSA) is 40.5 Å². The maximum Gasteiger partial charge on any atom is 0.489 e. The van der Waals surface area contributed by atoms with Crippen LogP contribution < -0.4 is 5.46 Å². The number of aryl methyl sites for hydroxylation is 2. The summed E-state index contributed by atoms with van der Waals surface area (Å²) in [6, 6.07) is 10.0. The summed E-state index contributed by atoms with van der Waals surface area (Å²) in [5, 5.41) is 21.1. The fourth-order valence-corrected chi connectivity index (χ4v) is 2.87. The molecule has 0 saturated carbocycles. The van der Waals surface area contributed by atoms with Gasteiger partial charge in [-0.1, -0.05) is 30.3 Å². The molecular formula is C14H15BO2. The van der Waals surface area contributed by atoms with Crippen LogP contribution in [0.5, 0.6) is 0 Å². The van der Waals surface area contributed by atoms with Gasteiger partial charge in [0.2, 0.25) is 0 Å². The maximum atomic E-state index is 9.48. The third kappa shape index (κ3) is 1.76. The molecule has 0 heterocycles. The van der Waals surface area contributed by atoms with Crippen LogP contribution in [0.15, 0.2) is 30.3 Å². The molecule has 3 heteroatoms. The second-order valence-electron chi connectivity index (χ2n) is 4.73. The van der Waals surface area contributed by atoms with Crippen molar-refractivity contribution in [2.75, 3.05) is 0 Å². The van der Waals surface area contributed by atoms with E-state index in [4.69, 9.17) is 0 Å². The predicted molar refractivity (Wildman–Crippen MR) is 70.4 cm³/mol. The summed E-state index contributed by atoms with van der Waals surface area (Å²) in [6.45, 7) is 0. The zero-order valence-electron chi connectivity index (χ0n) is 9.69. The van der Waals surface area contributed by atoms with E-state index >= 15 is 0 Å². The van der Waals surface area contributed by atoms with Crippen molar-refractivity contribution < 1.29 is 10.0 Å². The Morgan fingerprint density at radius 1 is 0.941 bits per heavy atom. The van der Waals surface area contributed by atoms with Crippen LogP contribution in [-0.4, -0.2) is 17.2 Å². The predicted octanol–water partition coefficient (Wildman–Crippen LogP) is 1.40. The lowest BCUT2D eigenvalue weighted by molar-refractivity contribution is 0.426. The minimum absolute atomic E-state index is 0.640. The summed E-state index contributed by atoms with van der Waals surface area (Å²) >= 11 is 0. The van der Waals surface area contributed by atoms with Gasteiger partial charge in [-0.25, -0.2) is 0 Å². The molecule has 0 radical (unpaired) electrons. The number of rotatable bonds is 1. The van der Waals surface area contributed by atoms with Gasteiger partial charge in [0.15, 0.2) is 0 Å². The van der Waals surface area contributed by atoms with Crippen LogP contribution in [0.4, 0.5) is 0 Å². The Labute approximate surface area is 101 Å². The standard InChI is InChI=1S/C14H15BO2/c16-15(17)14-9-10-5-1-2-6-11(10)12-7-3-4-8-13(12)14/h3-4,7-9,16-17H,1-2,5-6H2. The first-order valence-electron chi connectivity index (χ1n) is 6.17. The smallest absolute Gasteiger partial charge is 0.423 e. The van der Waals surface area contributed by atoms with Gasteiger partial charge in [-0.05, 0) is 53.0 Å². The van der Waals surface area contributed by atoms with Gasteiger partial charge < -0.3 is 10.0 Å². The highest BCUT2D eigenvalue weighted by molar-refractivity contribution is 6.62. The molecule has 2 nitrogen and oxygen atoms in total. The number of hydrogen-bond donors (Lipinski definition) is 2. The van der Waals surface area contributed by atoms with Crippen molar-refractivity contribution in [3.63, 3.8) is 0 Å². The SMILES string of the molecule is OB(O)c1cc2c(c3ccccc13)CCCC2. The van der Waals surface area contributed by atoms with E-state index in [0.29, 0.717) is 5.46 Å². The van der Waals surface area contributed by atoms with E-state index < -0.39 is 7.12 Å². The third-order valence-electron chi connectivity index (χ3n) is 3.68. The zero-order chi connectivity index (χ0) is 11.8. The second kappa shape index (κ2) is 4.17. The van der Waals surface area contributed by atoms with Crippen LogP contribution >= 0.6 is 0 Å². The highest BCUT2D eigenvalue weighted by atomic mass is 16.4. The molecule has 1 aliphatic rings. The van der Waals surface area contributed by atoms with Crippen molar-refractivity contribution in [2.24, 2.45) is 0 Å². The number of fused-ring (bicyclic) bond motifs is 3. The quantitative estimate of drug-likeness (QED) is 0.721. The molecule has 17 heavy (non-hydrogen) atoms. The Morgan fingerprint density at radius 3 is 2.41 bits per heavy atom. The molecule has 0 unspecified atom stereocenters. The normalized spacial score (nSPS) is 14.7. The summed E-state index contributed by atoms with van der Waals surface area (Å²) in [7, 11) is -1.38. The first kappa shape index (κ1) is 10.8. The Morgan fingerprint density at radius 2 is 1.65 bits per heavy atom. The highest BCUT2D eigenvalue weighted by Crippen LogP contribution is 2.27. The third-order valence-corrected chi connectivity index (χ3v) is 3.68. The van der Waals surface area contributed by atoms with E-state index in [1.54, 1.807) is 0 Å². The van der Waals surface area contributed by atoms with Crippen LogP contribution in [-0.2, 0) is 12.8 Å². The van der Waals surface area contributed by atoms with Crippen molar-refractivity contribution in [2.45, 2.75) is 25.7 Å². The van der Waals surface area contributed by atoms with Crippen LogP contribution in [0, 0.1) is 0 Å². The van der Waals surface area contributed by atoms with Crippen LogP contribution in [0.3, 0.4) is 0 Å². The lowest BCUT2D eigenvalue weighted by atomic mass is 9.73. The first-order chi connectivity index (χ1) is 8.27. The Balaban J connectivity index is 2.35. The Kier molecular flexibility index (Phi) is 2.65. The lowest BCUT2D eigenvalue weighted by Gasteiger charge is -2.20. The zero-order valence-corrected chi connectivity index (χ0v) is 9.69. The molecule has 2 aromatic rings. The number of hydrogen-bond acceptors (Lipinski definition) is 2. The number of benzene rings is 2. The van der Waals surface area contributed by atoms with E-state index in [1.807, 2.05) is 24.3 Å². The Bertz CT molecular complexity index is 563. The molecule has 2 aromatic carbocycles. The molecule has 0 aromatic heterocycles. The van der Waals surface area contributed by atoms with E-state index in [1.165, 1.54) is 29.4 Å².